The lowest BCUT2D eigenvalue weighted by Gasteiger charge is -2.12. The lowest BCUT2D eigenvalue weighted by Crippen LogP contribution is -2.05. The first-order valence-corrected chi connectivity index (χ1v) is 7.73. The number of benzene rings is 1. The fraction of sp³-hybridized carbons (Fsp3) is 0.294. The number of rotatable bonds is 5. The quantitative estimate of drug-likeness (QED) is 0.698. The van der Waals surface area contributed by atoms with Gasteiger partial charge in [-0.25, -0.2) is 0 Å². The van der Waals surface area contributed by atoms with Crippen LogP contribution >= 0.6 is 0 Å². The monoisotopic (exact) mass is 357 g/mol. The molecule has 0 saturated heterocycles. The first-order valence-electron chi connectivity index (χ1n) is 12.9. The van der Waals surface area contributed by atoms with Gasteiger partial charge in [-0.1, -0.05) is 6.07 Å². The van der Waals surface area contributed by atoms with Crippen molar-refractivity contribution < 1.29 is 31.5 Å². The molecule has 3 rings (SSSR count). The molecule has 7 heteroatoms. The molecule has 0 unspecified atom stereocenters. The van der Waals surface area contributed by atoms with Gasteiger partial charge in [-0.15, -0.1) is 0 Å². The van der Waals surface area contributed by atoms with Gasteiger partial charge in [0.25, 0.3) is 0 Å². The Morgan fingerprint density at radius 2 is 2.25 bits per heavy atom. The molecule has 0 bridgehead atoms. The van der Waals surface area contributed by atoms with E-state index in [2.05, 4.69) is 15.0 Å². The van der Waals surface area contributed by atoms with Crippen LogP contribution in [-0.2, 0) is 16.6 Å². The van der Waals surface area contributed by atoms with Crippen molar-refractivity contribution in [2.24, 2.45) is 0 Å². The highest BCUT2D eigenvalue weighted by molar-refractivity contribution is 7.84. The maximum absolute atomic E-state index is 13.1. The minimum atomic E-state index is -3.27. The first kappa shape index (κ1) is 6.84. The van der Waals surface area contributed by atoms with Crippen molar-refractivity contribution in [2.45, 2.75) is 24.6 Å². The number of fused-ring (bicyclic) bond motifs is 1. The summed E-state index contributed by atoms with van der Waals surface area (Å²) < 4.78 is 121. The molecule has 0 N–H and O–H groups in total. The molecule has 6 nitrogen and oxygen atoms in total. The molecule has 0 saturated carbocycles. The number of ether oxygens (including phenoxy) is 2. The molecule has 0 amide bonds. The van der Waals surface area contributed by atoms with E-state index in [4.69, 9.17) is 27.3 Å². The van der Waals surface area contributed by atoms with E-state index in [9.17, 15) is 4.21 Å². The molecule has 1 atom stereocenters. The Balaban J connectivity index is 2.11. The van der Waals surface area contributed by atoms with Crippen molar-refractivity contribution in [1.29, 1.82) is 0 Å². The van der Waals surface area contributed by atoms with Crippen LogP contribution in [0.1, 0.15) is 34.6 Å². The van der Waals surface area contributed by atoms with Crippen LogP contribution in [0.2, 0.25) is 0 Å². The number of nitrogens with zero attached hydrogens (tertiary/aromatic N) is 3. The highest BCUT2D eigenvalue weighted by Crippen LogP contribution is 2.26. The molecule has 2 aromatic heterocycles. The summed E-state index contributed by atoms with van der Waals surface area (Å²) in [4.78, 5) is 11.8. The van der Waals surface area contributed by atoms with Gasteiger partial charge in [0.05, 0.1) is 45.9 Å². The van der Waals surface area contributed by atoms with E-state index in [1.54, 1.807) is 0 Å². The third kappa shape index (κ3) is 2.99. The Morgan fingerprint density at radius 1 is 1.33 bits per heavy atom. The topological polar surface area (TPSA) is 75.4 Å². The van der Waals surface area contributed by atoms with Gasteiger partial charge in [0.15, 0.2) is 0 Å². The average molecular weight is 357 g/mol. The Hall–Kier alpha value is -2.41. The maximum Gasteiger partial charge on any atom is 0.128 e. The van der Waals surface area contributed by atoms with Crippen molar-refractivity contribution in [1.82, 2.24) is 15.0 Å². The second kappa shape index (κ2) is 6.60. The lowest BCUT2D eigenvalue weighted by atomic mass is 10.1. The molecule has 3 aromatic rings. The Bertz CT molecular complexity index is 1340. The van der Waals surface area contributed by atoms with E-state index in [0.29, 0.717) is 0 Å². The van der Waals surface area contributed by atoms with E-state index in [0.717, 1.165) is 0 Å². The van der Waals surface area contributed by atoms with Crippen LogP contribution in [0.3, 0.4) is 0 Å². The molecule has 0 aliphatic heterocycles. The highest BCUT2D eigenvalue weighted by Gasteiger charge is 2.12. The summed E-state index contributed by atoms with van der Waals surface area (Å²) in [5, 5.41) is -0.302. The van der Waals surface area contributed by atoms with Crippen LogP contribution in [0.5, 0.6) is 11.5 Å². The molecule has 24 heavy (non-hydrogen) atoms. The zero-order valence-electron chi connectivity index (χ0n) is 24.9. The van der Waals surface area contributed by atoms with Crippen LogP contribution in [0.15, 0.2) is 29.5 Å². The van der Waals surface area contributed by atoms with Crippen molar-refractivity contribution in [3.05, 3.63) is 41.2 Å². The van der Waals surface area contributed by atoms with Crippen LogP contribution in [-0.4, -0.2) is 28.3 Å². The number of aromatic nitrogens is 3. The lowest BCUT2D eigenvalue weighted by molar-refractivity contribution is 0.407. The predicted octanol–water partition coefficient (Wildman–Crippen LogP) is 2.53. The summed E-state index contributed by atoms with van der Waals surface area (Å²) in [5.74, 6) is -1.86. The van der Waals surface area contributed by atoms with Gasteiger partial charge in [-0.3, -0.25) is 9.19 Å². The van der Waals surface area contributed by atoms with E-state index in [-0.39, 0.29) is 21.9 Å². The van der Waals surface area contributed by atoms with Crippen LogP contribution in [0, 0.1) is 13.7 Å². The van der Waals surface area contributed by atoms with Gasteiger partial charge in [0.2, 0.25) is 0 Å². The van der Waals surface area contributed by atoms with Crippen molar-refractivity contribution in [2.75, 3.05) is 14.1 Å². The molecule has 0 spiro atoms. The van der Waals surface area contributed by atoms with E-state index < -0.39 is 73.1 Å². The molecule has 0 aliphatic carbocycles. The van der Waals surface area contributed by atoms with Crippen LogP contribution in [0.25, 0.3) is 11.0 Å². The Kier molecular flexibility index (Phi) is 1.88. The number of pyridine rings is 1. The zero-order valence-corrected chi connectivity index (χ0v) is 12.7. The fourth-order valence-corrected chi connectivity index (χ4v) is 2.95. The van der Waals surface area contributed by atoms with Crippen molar-refractivity contribution in [3.63, 3.8) is 0 Å². The Labute approximate surface area is 161 Å². The van der Waals surface area contributed by atoms with Gasteiger partial charge in [0, 0.05) is 30.7 Å². The summed E-state index contributed by atoms with van der Waals surface area (Å²) in [6.45, 7) is -6.32. The summed E-state index contributed by atoms with van der Waals surface area (Å²) in [6, 6.07) is 3.92. The van der Waals surface area contributed by atoms with Gasteiger partial charge in [-0.05, 0) is 36.9 Å². The molecular weight excluding hydrogens is 326 g/mol. The predicted molar refractivity (Wildman–Crippen MR) is 92.0 cm³/mol. The molecular formula is C17H18N3O3S-. The first-order chi connectivity index (χ1) is 16.7. The van der Waals surface area contributed by atoms with Crippen LogP contribution < -0.4 is 14.5 Å². The fourth-order valence-electron chi connectivity index (χ4n) is 1.97. The minimum Gasteiger partial charge on any atom is -0.497 e. The second-order valence-electron chi connectivity index (χ2n) is 4.60. The van der Waals surface area contributed by atoms with Gasteiger partial charge >= 0.3 is 0 Å². The zero-order chi connectivity index (χ0) is 28.1. The number of imidazole rings is 1. The highest BCUT2D eigenvalue weighted by atomic mass is 32.2. The normalized spacial score (nSPS) is 22.4. The second-order valence-corrected chi connectivity index (χ2v) is 5.94. The van der Waals surface area contributed by atoms with E-state index in [1.807, 2.05) is 0 Å². The Morgan fingerprint density at radius 3 is 3.04 bits per heavy atom. The molecule has 2 heterocycles. The van der Waals surface area contributed by atoms with Crippen LogP contribution in [0.4, 0.5) is 0 Å². The molecule has 126 valence electrons. The summed E-state index contributed by atoms with van der Waals surface area (Å²) in [7, 11) is -8.21. The number of hydrogen-bond acceptors (Lipinski definition) is 5. The minimum absolute atomic E-state index is 0.0540. The molecule has 0 fully saturated rings. The third-order valence-electron chi connectivity index (χ3n) is 3.12. The SMILES string of the molecule is [2H]c1nc(C[S@@](=O)c2nc3cc(OC([2H])([2H])[2H])ccc3[n-]2)c(C([2H])([2H])[2H])c(OC([2H])([2H])[2H])c1C([2H])([2H])[2H]. The smallest absolute Gasteiger partial charge is 0.128 e. The van der Waals surface area contributed by atoms with Gasteiger partial charge in [-0.2, -0.15) is 0 Å². The summed E-state index contributed by atoms with van der Waals surface area (Å²) in [5.41, 5.74) is -2.14. The number of methoxy groups -OCH3 is 2. The largest absolute Gasteiger partial charge is 0.497 e. The third-order valence-corrected chi connectivity index (χ3v) is 4.24. The molecule has 0 radical (unpaired) electrons. The van der Waals surface area contributed by atoms with Gasteiger partial charge in [0.1, 0.15) is 11.5 Å². The van der Waals surface area contributed by atoms with Crippen molar-refractivity contribution >= 4 is 21.8 Å². The van der Waals surface area contributed by atoms with E-state index >= 15 is 0 Å². The number of hydrogen-bond donors (Lipinski definition) is 0. The van der Waals surface area contributed by atoms with Crippen molar-refractivity contribution in [3.8, 4) is 11.5 Å². The van der Waals surface area contributed by atoms with Gasteiger partial charge < -0.3 is 19.4 Å². The summed E-state index contributed by atoms with van der Waals surface area (Å²) >= 11 is 0. The molecule has 1 aromatic carbocycles. The van der Waals surface area contributed by atoms with E-state index in [1.165, 1.54) is 18.2 Å². The maximum atomic E-state index is 13.1. The molecule has 0 aliphatic rings. The average Bonchev–Trinajstić information content (AvgIpc) is 3.06. The summed E-state index contributed by atoms with van der Waals surface area (Å²) in [6.07, 6.45) is -0.973. The standard InChI is InChI=1S/C17H18N3O3S/c1-10-8-18-15(11(2)16(10)23-4)9-24(21)17-19-13-6-5-12(22-3)7-14(13)20-17/h5-8H,9H2,1-4H3/q-1/t24-/m1/s1/i1D3,2D3,3D3,4D3,8D.